The summed E-state index contributed by atoms with van der Waals surface area (Å²) < 4.78 is 65.4. The minimum absolute atomic E-state index is 0.0377. The maximum Gasteiger partial charge on any atom is 0.269 e. The van der Waals surface area contributed by atoms with Gasteiger partial charge in [0.2, 0.25) is 0 Å². The molecule has 0 N–H and O–H groups in total. The summed E-state index contributed by atoms with van der Waals surface area (Å²) >= 11 is 0. The van der Waals surface area contributed by atoms with E-state index in [9.17, 15) is 0 Å². The van der Waals surface area contributed by atoms with Crippen LogP contribution in [0.2, 0.25) is 0 Å². The number of hydrogen-bond acceptors (Lipinski definition) is 2. The SMILES string of the molecule is [2H]C([2H])([2H])c1cccc(C([2H])([2H])[2H])c1-c1ccc2c(c1)n(-c1cccc(Oc3ccc4c5ccccc5n(-c5cc(C(C)(C)C)ccn5)c4c3)c1)[c-][n+]2-c1c(-c2cccc(C(C)(C)C)c2)cc(C(C)(C)C)cc1-c1cccc(C(C)(C)C)c1. The Bertz CT molecular complexity index is 4210. The van der Waals surface area contributed by atoms with Crippen molar-refractivity contribution in [2.24, 2.45) is 0 Å². The van der Waals surface area contributed by atoms with Crippen molar-refractivity contribution >= 4 is 32.8 Å². The highest BCUT2D eigenvalue weighted by molar-refractivity contribution is 6.09. The largest absolute Gasteiger partial charge is 0.458 e. The summed E-state index contributed by atoms with van der Waals surface area (Å²) in [5.74, 6) is 2.02. The van der Waals surface area contributed by atoms with Gasteiger partial charge in [-0.25, -0.2) is 4.98 Å². The van der Waals surface area contributed by atoms with E-state index in [2.05, 4.69) is 208 Å². The number of hydrogen-bond donors (Lipinski definition) is 0. The van der Waals surface area contributed by atoms with Crippen LogP contribution in [0.25, 0.3) is 83.4 Å². The summed E-state index contributed by atoms with van der Waals surface area (Å²) in [5, 5.41) is 2.18. The topological polar surface area (TPSA) is 35.9 Å². The van der Waals surface area contributed by atoms with Gasteiger partial charge in [0.1, 0.15) is 17.3 Å². The van der Waals surface area contributed by atoms with E-state index >= 15 is 0 Å². The number of nitrogens with zero attached hydrogens (tertiary/aromatic N) is 4. The molecule has 386 valence electrons. The predicted molar refractivity (Wildman–Crippen MR) is 323 cm³/mol. The van der Waals surface area contributed by atoms with Gasteiger partial charge in [0.05, 0.1) is 33.4 Å². The molecule has 3 aromatic heterocycles. The average molecular weight is 1020 g/mol. The summed E-state index contributed by atoms with van der Waals surface area (Å²) in [6.07, 6.45) is 5.76. The lowest BCUT2D eigenvalue weighted by Crippen LogP contribution is -2.32. The van der Waals surface area contributed by atoms with E-state index in [0.29, 0.717) is 28.3 Å². The zero-order valence-corrected chi connectivity index (χ0v) is 46.5. The molecule has 11 rings (SSSR count). The van der Waals surface area contributed by atoms with Crippen molar-refractivity contribution in [1.82, 2.24) is 14.1 Å². The minimum Gasteiger partial charge on any atom is -0.458 e. The molecule has 0 aliphatic carbocycles. The van der Waals surface area contributed by atoms with Crippen molar-refractivity contribution in [2.45, 2.75) is 118 Å². The molecule has 0 atom stereocenters. The molecule has 5 nitrogen and oxygen atoms in total. The number of rotatable bonds is 8. The van der Waals surface area contributed by atoms with Gasteiger partial charge < -0.3 is 4.74 Å². The van der Waals surface area contributed by atoms with Gasteiger partial charge in [0.25, 0.3) is 6.33 Å². The first-order chi connectivity index (χ1) is 38.9. The third-order valence-electron chi connectivity index (χ3n) is 15.1. The van der Waals surface area contributed by atoms with Crippen LogP contribution in [0.15, 0.2) is 182 Å². The number of para-hydroxylation sites is 1. The average Bonchev–Trinajstić information content (AvgIpc) is 2.07. The van der Waals surface area contributed by atoms with Gasteiger partial charge in [-0.05, 0) is 157 Å². The number of ether oxygens (including phenoxy) is 1. The molecule has 0 unspecified atom stereocenters. The lowest BCUT2D eigenvalue weighted by molar-refractivity contribution is -0.571. The fraction of sp³-hybridized carbons (Fsp3) is 0.250. The number of pyridine rings is 1. The normalized spacial score (nSPS) is 14.0. The van der Waals surface area contributed by atoms with E-state index in [0.717, 1.165) is 66.6 Å². The summed E-state index contributed by atoms with van der Waals surface area (Å²) in [4.78, 5) is 4.91. The van der Waals surface area contributed by atoms with E-state index in [-0.39, 0.29) is 38.4 Å². The second kappa shape index (κ2) is 18.9. The van der Waals surface area contributed by atoms with Crippen LogP contribution < -0.4 is 9.30 Å². The molecule has 3 heterocycles. The number of aryl methyl sites for hydroxylation is 2. The molecule has 8 aromatic carbocycles. The Kier molecular flexibility index (Phi) is 10.8. The standard InChI is InChI=1S/C72H72N4O/c1-46-21-17-22-47(2)67(46)50-31-34-63-65(39-50)74(55-27-20-28-56(43-55)77-57-32-33-59-58-29-15-16-30-62(58)76(64(59)44-57)66-42-53(35-36-73-66)71(9,10)11)45-75(63)68-60(48-23-18-25-51(37-48)69(3,4)5)40-54(72(12,13)14)41-61(68)49-24-19-26-52(38-49)70(6,7)8/h15-44H,1-14H3/i1D3,2D3. The third-order valence-corrected chi connectivity index (χ3v) is 15.1. The quantitative estimate of drug-likeness (QED) is 0.112. The van der Waals surface area contributed by atoms with Gasteiger partial charge in [-0.1, -0.05) is 198 Å². The van der Waals surface area contributed by atoms with Crippen LogP contribution in [-0.2, 0) is 21.7 Å². The lowest BCUT2D eigenvalue weighted by Gasteiger charge is -2.27. The van der Waals surface area contributed by atoms with Gasteiger partial charge in [-0.3, -0.25) is 13.7 Å². The van der Waals surface area contributed by atoms with E-state index in [1.54, 1.807) is 0 Å². The van der Waals surface area contributed by atoms with Gasteiger partial charge in [-0.15, -0.1) is 0 Å². The van der Waals surface area contributed by atoms with E-state index in [1.165, 1.54) is 34.9 Å². The Balaban J connectivity index is 1.18. The highest BCUT2D eigenvalue weighted by Gasteiger charge is 2.27. The number of benzene rings is 8. The Morgan fingerprint density at radius 1 is 0.468 bits per heavy atom. The summed E-state index contributed by atoms with van der Waals surface area (Å²) in [6, 6.07) is 59.3. The molecule has 77 heavy (non-hydrogen) atoms. The van der Waals surface area contributed by atoms with Gasteiger partial charge in [0, 0.05) is 31.3 Å². The number of aromatic nitrogens is 4. The van der Waals surface area contributed by atoms with Gasteiger partial charge in [0.15, 0.2) is 0 Å². The van der Waals surface area contributed by atoms with E-state index < -0.39 is 13.7 Å². The van der Waals surface area contributed by atoms with Crippen molar-refractivity contribution in [2.75, 3.05) is 0 Å². The molecule has 5 heteroatoms. The van der Waals surface area contributed by atoms with Crippen molar-refractivity contribution in [3.8, 4) is 62.1 Å². The summed E-state index contributed by atoms with van der Waals surface area (Å²) in [6.45, 7) is 21.6. The highest BCUT2D eigenvalue weighted by Crippen LogP contribution is 2.43. The van der Waals surface area contributed by atoms with E-state index in [1.807, 2.05) is 59.3 Å². The smallest absolute Gasteiger partial charge is 0.269 e. The molecule has 0 bridgehead atoms. The molecule has 0 aliphatic rings. The van der Waals surface area contributed by atoms with Crippen molar-refractivity contribution in [3.63, 3.8) is 0 Å². The molecular weight excluding hydrogens is 937 g/mol. The first-order valence-corrected chi connectivity index (χ1v) is 26.8. The number of fused-ring (bicyclic) bond motifs is 4. The van der Waals surface area contributed by atoms with Crippen LogP contribution in [0.3, 0.4) is 0 Å². The molecule has 0 fully saturated rings. The first kappa shape index (κ1) is 44.1. The molecule has 0 saturated heterocycles. The maximum absolute atomic E-state index is 8.69. The van der Waals surface area contributed by atoms with Gasteiger partial charge in [-0.2, -0.15) is 0 Å². The Morgan fingerprint density at radius 3 is 1.69 bits per heavy atom. The summed E-state index contributed by atoms with van der Waals surface area (Å²) in [7, 11) is 0. The van der Waals surface area contributed by atoms with Crippen LogP contribution in [0.4, 0.5) is 0 Å². The Hall–Kier alpha value is -8.02. The molecule has 0 amide bonds. The lowest BCUT2D eigenvalue weighted by atomic mass is 9.80. The fourth-order valence-corrected chi connectivity index (χ4v) is 10.6. The highest BCUT2D eigenvalue weighted by atomic mass is 16.5. The van der Waals surface area contributed by atoms with Crippen molar-refractivity contribution in [3.05, 3.63) is 222 Å². The Labute approximate surface area is 464 Å². The minimum atomic E-state index is -2.61. The van der Waals surface area contributed by atoms with Crippen LogP contribution >= 0.6 is 0 Å². The predicted octanol–water partition coefficient (Wildman–Crippen LogP) is 18.8. The molecule has 0 aliphatic heterocycles. The van der Waals surface area contributed by atoms with Crippen LogP contribution in [0, 0.1) is 20.0 Å². The molecular formula is C72H72N4O. The zero-order valence-electron chi connectivity index (χ0n) is 52.5. The van der Waals surface area contributed by atoms with Crippen LogP contribution in [0.5, 0.6) is 11.5 Å². The summed E-state index contributed by atoms with van der Waals surface area (Å²) in [5.41, 5.74) is 13.8. The molecule has 11 aromatic rings. The zero-order chi connectivity index (χ0) is 59.3. The van der Waals surface area contributed by atoms with Crippen LogP contribution in [0.1, 0.15) is 125 Å². The van der Waals surface area contributed by atoms with Crippen LogP contribution in [-0.4, -0.2) is 14.1 Å². The van der Waals surface area contributed by atoms with Gasteiger partial charge >= 0.3 is 0 Å². The van der Waals surface area contributed by atoms with Crippen molar-refractivity contribution < 1.29 is 17.5 Å². The van der Waals surface area contributed by atoms with Crippen molar-refractivity contribution in [1.29, 1.82) is 0 Å². The Morgan fingerprint density at radius 2 is 1.05 bits per heavy atom. The molecule has 0 saturated carbocycles. The molecule has 0 radical (unpaired) electrons. The second-order valence-corrected chi connectivity index (χ2v) is 24.8. The maximum atomic E-state index is 8.69. The molecule has 0 spiro atoms. The third kappa shape index (κ3) is 9.67. The second-order valence-electron chi connectivity index (χ2n) is 24.8. The monoisotopic (exact) mass is 1010 g/mol. The fourth-order valence-electron chi connectivity index (χ4n) is 10.6. The first-order valence-electron chi connectivity index (χ1n) is 29.8. The number of imidazole rings is 1. The van der Waals surface area contributed by atoms with E-state index in [4.69, 9.17) is 17.9 Å².